The maximum absolute atomic E-state index is 5.22. The zero-order valence-corrected chi connectivity index (χ0v) is 18.1. The largest absolute Gasteiger partial charge is 0.497 e. The molecule has 142 valence electrons. The zero-order valence-electron chi connectivity index (χ0n) is 15.7. The van der Waals surface area contributed by atoms with E-state index in [9.17, 15) is 0 Å². The number of methoxy groups -OCH3 is 1. The Hall–Kier alpha value is -2.29. The maximum atomic E-state index is 5.22. The van der Waals surface area contributed by atoms with Crippen molar-refractivity contribution in [1.29, 1.82) is 0 Å². The van der Waals surface area contributed by atoms with Gasteiger partial charge in [-0.25, -0.2) is 9.97 Å². The van der Waals surface area contributed by atoms with E-state index >= 15 is 0 Å². The Morgan fingerprint density at radius 2 is 1.82 bits per heavy atom. The molecule has 4 aromatic rings. The minimum Gasteiger partial charge on any atom is -0.497 e. The van der Waals surface area contributed by atoms with Gasteiger partial charge in [0, 0.05) is 16.7 Å². The molecular formula is C20H18N4OS3. The number of hydrogen-bond acceptors (Lipinski definition) is 8. The highest BCUT2D eigenvalue weighted by molar-refractivity contribution is 7.98. The highest BCUT2D eigenvalue weighted by Gasteiger charge is 2.13. The average molecular weight is 427 g/mol. The summed E-state index contributed by atoms with van der Waals surface area (Å²) in [5, 5.41) is 13.8. The van der Waals surface area contributed by atoms with Crippen molar-refractivity contribution in [2.24, 2.45) is 0 Å². The number of thioether (sulfide) groups is 1. The van der Waals surface area contributed by atoms with Crippen molar-refractivity contribution < 1.29 is 4.74 Å². The van der Waals surface area contributed by atoms with Crippen LogP contribution in [0.4, 0.5) is 0 Å². The highest BCUT2D eigenvalue weighted by Crippen LogP contribution is 2.35. The van der Waals surface area contributed by atoms with Gasteiger partial charge in [0.25, 0.3) is 0 Å². The predicted octanol–water partition coefficient (Wildman–Crippen LogP) is 5.64. The Kier molecular flexibility index (Phi) is 5.70. The monoisotopic (exact) mass is 426 g/mol. The lowest BCUT2D eigenvalue weighted by Crippen LogP contribution is -1.90. The molecule has 0 spiro atoms. The number of ether oxygens (including phenoxy) is 1. The fourth-order valence-corrected chi connectivity index (χ4v) is 5.09. The summed E-state index contributed by atoms with van der Waals surface area (Å²) in [4.78, 5) is 10.2. The van der Waals surface area contributed by atoms with Crippen LogP contribution >= 0.6 is 34.4 Å². The summed E-state index contributed by atoms with van der Waals surface area (Å²) >= 11 is 4.95. The summed E-state index contributed by atoms with van der Waals surface area (Å²) in [6.45, 7) is 4.03. The lowest BCUT2D eigenvalue weighted by molar-refractivity contribution is 0.415. The van der Waals surface area contributed by atoms with Crippen LogP contribution in [0.2, 0.25) is 0 Å². The number of rotatable bonds is 6. The van der Waals surface area contributed by atoms with E-state index in [2.05, 4.69) is 20.6 Å². The molecular weight excluding hydrogens is 408 g/mol. The third-order valence-corrected chi connectivity index (χ3v) is 7.05. The molecule has 1 aromatic carbocycles. The van der Waals surface area contributed by atoms with Crippen molar-refractivity contribution in [3.8, 4) is 26.9 Å². The maximum Gasteiger partial charge on any atom is 0.124 e. The summed E-state index contributed by atoms with van der Waals surface area (Å²) in [6, 6.07) is 12.0. The fraction of sp³-hybridized carbons (Fsp3) is 0.200. The SMILES string of the molecule is COc1ccc(-c2nc(C)c(-c3ccc(SCc4csc(C)n4)nn3)s2)cc1. The second kappa shape index (κ2) is 8.38. The van der Waals surface area contributed by atoms with Crippen LogP contribution in [0, 0.1) is 13.8 Å². The van der Waals surface area contributed by atoms with Gasteiger partial charge in [-0.05, 0) is 50.2 Å². The standard InChI is InChI=1S/C20H18N4OS3/c1-12-19(28-20(21-12)14-4-6-16(25-3)7-5-14)17-8-9-18(24-23-17)27-11-15-10-26-13(2)22-15/h4-10H,11H2,1-3H3. The van der Waals surface area contributed by atoms with Gasteiger partial charge >= 0.3 is 0 Å². The number of hydrogen-bond donors (Lipinski definition) is 0. The molecule has 0 aliphatic carbocycles. The smallest absolute Gasteiger partial charge is 0.124 e. The molecule has 3 aromatic heterocycles. The molecule has 0 radical (unpaired) electrons. The van der Waals surface area contributed by atoms with Gasteiger partial charge in [0.05, 0.1) is 28.4 Å². The summed E-state index contributed by atoms with van der Waals surface area (Å²) in [5.41, 5.74) is 3.96. The van der Waals surface area contributed by atoms with Crippen LogP contribution in [-0.2, 0) is 5.75 Å². The summed E-state index contributed by atoms with van der Waals surface area (Å²) in [7, 11) is 1.67. The van der Waals surface area contributed by atoms with Gasteiger partial charge in [0.2, 0.25) is 0 Å². The van der Waals surface area contributed by atoms with Gasteiger partial charge in [-0.1, -0.05) is 11.8 Å². The summed E-state index contributed by atoms with van der Waals surface area (Å²) < 4.78 is 5.22. The van der Waals surface area contributed by atoms with E-state index in [4.69, 9.17) is 9.72 Å². The van der Waals surface area contributed by atoms with Gasteiger partial charge in [-0.15, -0.1) is 32.9 Å². The molecule has 0 atom stereocenters. The van der Waals surface area contributed by atoms with Crippen LogP contribution in [0.3, 0.4) is 0 Å². The molecule has 5 nitrogen and oxygen atoms in total. The first-order valence-electron chi connectivity index (χ1n) is 8.62. The van der Waals surface area contributed by atoms with E-state index in [0.717, 1.165) is 54.1 Å². The van der Waals surface area contributed by atoms with Crippen LogP contribution in [0.15, 0.2) is 46.8 Å². The lowest BCUT2D eigenvalue weighted by atomic mass is 10.2. The average Bonchev–Trinajstić information content (AvgIpc) is 3.32. The molecule has 0 saturated carbocycles. The van der Waals surface area contributed by atoms with Crippen molar-refractivity contribution in [3.63, 3.8) is 0 Å². The van der Waals surface area contributed by atoms with Gasteiger partial charge < -0.3 is 4.74 Å². The third-order valence-electron chi connectivity index (χ3n) is 4.04. The fourth-order valence-electron chi connectivity index (χ4n) is 2.63. The Morgan fingerprint density at radius 1 is 1.00 bits per heavy atom. The molecule has 0 N–H and O–H groups in total. The molecule has 3 heterocycles. The normalized spacial score (nSPS) is 11.0. The number of aryl methyl sites for hydroxylation is 2. The molecule has 28 heavy (non-hydrogen) atoms. The van der Waals surface area contributed by atoms with E-state index in [-0.39, 0.29) is 0 Å². The van der Waals surface area contributed by atoms with Crippen LogP contribution < -0.4 is 4.74 Å². The van der Waals surface area contributed by atoms with E-state index in [1.54, 1.807) is 41.5 Å². The minimum absolute atomic E-state index is 0.805. The summed E-state index contributed by atoms with van der Waals surface area (Å²) in [6.07, 6.45) is 0. The molecule has 0 unspecified atom stereocenters. The first-order chi connectivity index (χ1) is 13.6. The molecule has 8 heteroatoms. The first kappa shape index (κ1) is 19.0. The Balaban J connectivity index is 1.50. The van der Waals surface area contributed by atoms with Crippen LogP contribution in [-0.4, -0.2) is 27.3 Å². The van der Waals surface area contributed by atoms with Crippen molar-refractivity contribution >= 4 is 34.4 Å². The van der Waals surface area contributed by atoms with Crippen molar-refractivity contribution in [1.82, 2.24) is 20.2 Å². The Bertz CT molecular complexity index is 1070. The van der Waals surface area contributed by atoms with E-state index < -0.39 is 0 Å². The molecule has 0 aliphatic rings. The number of nitrogens with zero attached hydrogens (tertiary/aromatic N) is 4. The van der Waals surface area contributed by atoms with Crippen LogP contribution in [0.25, 0.3) is 21.1 Å². The number of benzene rings is 1. The molecule has 0 amide bonds. The second-order valence-corrected chi connectivity index (χ2v) is 9.12. The lowest BCUT2D eigenvalue weighted by Gasteiger charge is -2.01. The molecule has 4 rings (SSSR count). The third kappa shape index (κ3) is 4.24. The molecule has 0 fully saturated rings. The molecule has 0 aliphatic heterocycles. The van der Waals surface area contributed by atoms with Crippen LogP contribution in [0.1, 0.15) is 16.4 Å². The zero-order chi connectivity index (χ0) is 19.5. The molecule has 0 bridgehead atoms. The number of aromatic nitrogens is 4. The highest BCUT2D eigenvalue weighted by atomic mass is 32.2. The Morgan fingerprint density at radius 3 is 2.46 bits per heavy atom. The van der Waals surface area contributed by atoms with Crippen molar-refractivity contribution in [3.05, 3.63) is 58.2 Å². The topological polar surface area (TPSA) is 60.8 Å². The predicted molar refractivity (Wildman–Crippen MR) is 116 cm³/mol. The first-order valence-corrected chi connectivity index (χ1v) is 11.3. The second-order valence-electron chi connectivity index (χ2n) is 6.07. The summed E-state index contributed by atoms with van der Waals surface area (Å²) in [5.74, 6) is 1.64. The Labute approximate surface area is 175 Å². The van der Waals surface area contributed by atoms with Gasteiger partial charge in [0.15, 0.2) is 0 Å². The quantitative estimate of drug-likeness (QED) is 0.372. The van der Waals surface area contributed by atoms with Crippen LogP contribution in [0.5, 0.6) is 5.75 Å². The van der Waals surface area contributed by atoms with E-state index in [1.807, 2.05) is 50.2 Å². The van der Waals surface area contributed by atoms with Gasteiger partial charge in [-0.3, -0.25) is 0 Å². The van der Waals surface area contributed by atoms with Crippen molar-refractivity contribution in [2.75, 3.05) is 7.11 Å². The number of thiazole rings is 2. The van der Waals surface area contributed by atoms with E-state index in [1.165, 1.54) is 0 Å². The van der Waals surface area contributed by atoms with E-state index in [0.29, 0.717) is 0 Å². The molecule has 0 saturated heterocycles. The van der Waals surface area contributed by atoms with Crippen molar-refractivity contribution in [2.45, 2.75) is 24.6 Å². The van der Waals surface area contributed by atoms with Gasteiger partial charge in [-0.2, -0.15) is 0 Å². The minimum atomic E-state index is 0.805. The van der Waals surface area contributed by atoms with Gasteiger partial charge in [0.1, 0.15) is 21.5 Å².